The van der Waals surface area contributed by atoms with Gasteiger partial charge in [-0.3, -0.25) is 0 Å². The fourth-order valence-corrected chi connectivity index (χ4v) is 4.25. The predicted octanol–water partition coefficient (Wildman–Crippen LogP) is 3.81. The van der Waals surface area contributed by atoms with E-state index in [0.717, 1.165) is 15.6 Å². The first-order chi connectivity index (χ1) is 14.7. The number of rotatable bonds is 4. The minimum atomic E-state index is -4.04. The molecule has 1 heterocycles. The molecule has 2 nitrogen and oxygen atoms in total. The molecule has 0 N–H and O–H groups in total. The van der Waals surface area contributed by atoms with Gasteiger partial charge in [0.2, 0.25) is 0 Å². The number of benzene rings is 2. The van der Waals surface area contributed by atoms with Crippen molar-refractivity contribution in [3.05, 3.63) is 58.2 Å². The van der Waals surface area contributed by atoms with Crippen LogP contribution in [-0.2, 0) is 0 Å². The maximum Gasteiger partial charge on any atom is 0.440 e. The molecule has 0 amide bonds. The van der Waals surface area contributed by atoms with E-state index in [4.69, 9.17) is 0 Å². The maximum atomic E-state index is 14.9. The summed E-state index contributed by atoms with van der Waals surface area (Å²) in [7, 11) is 0. The molecule has 0 aliphatic carbocycles. The van der Waals surface area contributed by atoms with Crippen molar-refractivity contribution in [1.82, 2.24) is 4.81 Å². The summed E-state index contributed by atoms with van der Waals surface area (Å²) in [5.41, 5.74) is -3.43. The first-order valence-electron chi connectivity index (χ1n) is 9.33. The normalized spacial score (nSPS) is 15.5. The fraction of sp³-hybridized carbons (Fsp3) is 0.316. The molecule has 0 fully saturated rings. The van der Waals surface area contributed by atoms with Crippen LogP contribution in [0.3, 0.4) is 0 Å². The SMILES string of the molecule is CC(C)N1C=[N+](C(C)C)[B-]1(c1c(F)c(F)c(F)c(F)c1F)c1c(F)c(F)c(F)c(F)c1F. The quantitative estimate of drug-likeness (QED) is 0.284. The zero-order valence-corrected chi connectivity index (χ0v) is 17.0. The summed E-state index contributed by atoms with van der Waals surface area (Å²) in [6.07, 6.45) is -2.98. The second-order valence-corrected chi connectivity index (χ2v) is 7.94. The van der Waals surface area contributed by atoms with E-state index >= 15 is 0 Å². The van der Waals surface area contributed by atoms with E-state index in [1.807, 2.05) is 0 Å². The lowest BCUT2D eigenvalue weighted by Gasteiger charge is -2.56. The molecule has 0 saturated carbocycles. The Morgan fingerprint density at radius 1 is 0.562 bits per heavy atom. The van der Waals surface area contributed by atoms with Crippen molar-refractivity contribution in [3.8, 4) is 0 Å². The van der Waals surface area contributed by atoms with Crippen LogP contribution >= 0.6 is 0 Å². The third-order valence-electron chi connectivity index (χ3n) is 5.61. The van der Waals surface area contributed by atoms with Crippen molar-refractivity contribution < 1.29 is 48.4 Å². The predicted molar refractivity (Wildman–Crippen MR) is 95.9 cm³/mol. The van der Waals surface area contributed by atoms with Gasteiger partial charge in [0, 0.05) is 12.1 Å². The smallest absolute Gasteiger partial charge is 0.417 e. The molecule has 174 valence electrons. The molecule has 0 saturated heterocycles. The standard InChI is InChI=1S/C19H15BF10N2/c1-6(2)31-5-32(7(3)4)20(31,8-10(21)14(25)18(29)15(26)11(8)22)9-12(23)16(27)19(30)17(28)13(9)24/h5-7H,1-4H3. The Kier molecular flexibility index (Phi) is 5.76. The van der Waals surface area contributed by atoms with Crippen LogP contribution < -0.4 is 10.9 Å². The van der Waals surface area contributed by atoms with Gasteiger partial charge in [-0.15, -0.1) is 0 Å². The van der Waals surface area contributed by atoms with Crippen molar-refractivity contribution in [2.24, 2.45) is 0 Å². The highest BCUT2D eigenvalue weighted by molar-refractivity contribution is 6.97. The van der Waals surface area contributed by atoms with Gasteiger partial charge in [0.05, 0.1) is 0 Å². The van der Waals surface area contributed by atoms with Gasteiger partial charge in [0.1, 0.15) is 29.6 Å². The Bertz CT molecular complexity index is 1030. The van der Waals surface area contributed by atoms with Crippen LogP contribution in [0.1, 0.15) is 27.7 Å². The van der Waals surface area contributed by atoms with E-state index in [9.17, 15) is 43.9 Å². The lowest BCUT2D eigenvalue weighted by atomic mass is 9.32. The molecule has 32 heavy (non-hydrogen) atoms. The monoisotopic (exact) mass is 472 g/mol. The molecule has 1 aliphatic heterocycles. The van der Waals surface area contributed by atoms with Crippen molar-refractivity contribution in [1.29, 1.82) is 0 Å². The molecule has 0 radical (unpaired) electrons. The summed E-state index contributed by atoms with van der Waals surface area (Å²) in [6.45, 7) is 5.34. The zero-order chi connectivity index (χ0) is 24.4. The molecule has 0 spiro atoms. The van der Waals surface area contributed by atoms with Gasteiger partial charge >= 0.3 is 6.42 Å². The van der Waals surface area contributed by atoms with Gasteiger partial charge in [0.25, 0.3) is 0 Å². The van der Waals surface area contributed by atoms with Crippen LogP contribution in [0.25, 0.3) is 0 Å². The summed E-state index contributed by atoms with van der Waals surface area (Å²) in [6, 6.07) is -1.84. The molecule has 0 aromatic heterocycles. The van der Waals surface area contributed by atoms with Crippen molar-refractivity contribution >= 4 is 23.7 Å². The van der Waals surface area contributed by atoms with Crippen LogP contribution in [0, 0.1) is 58.2 Å². The Hall–Kier alpha value is -2.73. The molecule has 2 aromatic carbocycles. The first kappa shape index (κ1) is 23.9. The highest BCUT2D eigenvalue weighted by Crippen LogP contribution is 2.31. The average molecular weight is 472 g/mol. The Morgan fingerprint density at radius 2 is 0.844 bits per heavy atom. The van der Waals surface area contributed by atoms with Crippen LogP contribution in [-0.4, -0.2) is 34.1 Å². The van der Waals surface area contributed by atoms with Crippen LogP contribution in [0.2, 0.25) is 0 Å². The number of nitrogens with zero attached hydrogens (tertiary/aromatic N) is 2. The third-order valence-corrected chi connectivity index (χ3v) is 5.61. The van der Waals surface area contributed by atoms with Crippen molar-refractivity contribution in [2.45, 2.75) is 39.8 Å². The van der Waals surface area contributed by atoms with Crippen molar-refractivity contribution in [2.75, 3.05) is 0 Å². The van der Waals surface area contributed by atoms with Gasteiger partial charge in [-0.1, -0.05) is 0 Å². The first-order valence-corrected chi connectivity index (χ1v) is 9.33. The van der Waals surface area contributed by atoms with E-state index < -0.39 is 87.6 Å². The molecule has 0 atom stereocenters. The topological polar surface area (TPSA) is 6.25 Å². The minimum Gasteiger partial charge on any atom is -0.417 e. The van der Waals surface area contributed by atoms with Gasteiger partial charge in [0.15, 0.2) is 34.9 Å². The van der Waals surface area contributed by atoms with E-state index in [1.54, 1.807) is 0 Å². The Balaban J connectivity index is 2.66. The number of hydrogen-bond donors (Lipinski definition) is 0. The number of halogens is 10. The third kappa shape index (κ3) is 2.85. The highest BCUT2D eigenvalue weighted by atomic mass is 19.2. The van der Waals surface area contributed by atoms with Gasteiger partial charge < -0.3 is 9.30 Å². The second kappa shape index (κ2) is 7.70. The molecule has 0 unspecified atom stereocenters. The summed E-state index contributed by atoms with van der Waals surface area (Å²) in [4.78, 5) is 0.816. The Morgan fingerprint density at radius 3 is 1.09 bits per heavy atom. The molecule has 0 bridgehead atoms. The molecular formula is C19H15BF10N2. The molecular weight excluding hydrogens is 457 g/mol. The summed E-state index contributed by atoms with van der Waals surface area (Å²) < 4.78 is 144. The van der Waals surface area contributed by atoms with Crippen LogP contribution in [0.15, 0.2) is 0 Å². The fourth-order valence-electron chi connectivity index (χ4n) is 4.25. The van der Waals surface area contributed by atoms with Gasteiger partial charge in [-0.2, -0.15) is 0 Å². The summed E-state index contributed by atoms with van der Waals surface area (Å²) in [5.74, 6) is -24.6. The summed E-state index contributed by atoms with van der Waals surface area (Å²) >= 11 is 0. The van der Waals surface area contributed by atoms with E-state index in [-0.39, 0.29) is 0 Å². The second-order valence-electron chi connectivity index (χ2n) is 7.94. The van der Waals surface area contributed by atoms with Crippen LogP contribution in [0.5, 0.6) is 0 Å². The van der Waals surface area contributed by atoms with E-state index in [2.05, 4.69) is 0 Å². The maximum absolute atomic E-state index is 14.9. The van der Waals surface area contributed by atoms with E-state index in [1.165, 1.54) is 27.7 Å². The minimum absolute atomic E-state index is 0.816. The lowest BCUT2D eigenvalue weighted by Crippen LogP contribution is -2.88. The molecule has 3 rings (SSSR count). The molecule has 1 aliphatic rings. The lowest BCUT2D eigenvalue weighted by molar-refractivity contribution is -0.462. The molecule has 13 heteroatoms. The average Bonchev–Trinajstić information content (AvgIpc) is 2.70. The largest absolute Gasteiger partial charge is 0.440 e. The van der Waals surface area contributed by atoms with Crippen LogP contribution in [0.4, 0.5) is 43.9 Å². The summed E-state index contributed by atoms with van der Waals surface area (Å²) in [5, 5.41) is 0. The number of hydrogen-bond acceptors (Lipinski definition) is 1. The Labute approximate surface area is 175 Å². The zero-order valence-electron chi connectivity index (χ0n) is 17.0. The highest BCUT2D eigenvalue weighted by Gasteiger charge is 2.62. The van der Waals surface area contributed by atoms with E-state index in [0.29, 0.717) is 0 Å². The van der Waals surface area contributed by atoms with Gasteiger partial charge in [-0.25, -0.2) is 43.9 Å². The van der Waals surface area contributed by atoms with Gasteiger partial charge in [-0.05, 0) is 38.6 Å². The van der Waals surface area contributed by atoms with Crippen molar-refractivity contribution in [3.63, 3.8) is 0 Å². The molecule has 2 aromatic rings.